The Balaban J connectivity index is 2.00. The highest BCUT2D eigenvalue weighted by Gasteiger charge is 2.51. The molecule has 1 aromatic rings. The van der Waals surface area contributed by atoms with Gasteiger partial charge in [0, 0.05) is 6.42 Å². The number of ether oxygens (including phenoxy) is 2. The van der Waals surface area contributed by atoms with Crippen molar-refractivity contribution in [2.45, 2.75) is 51.7 Å². The Labute approximate surface area is 131 Å². The fraction of sp³-hybridized carbons (Fsp3) is 0.500. The van der Waals surface area contributed by atoms with E-state index in [-0.39, 0.29) is 17.5 Å². The first-order chi connectivity index (χ1) is 10.4. The second-order valence-corrected chi connectivity index (χ2v) is 6.28. The zero-order chi connectivity index (χ0) is 16.3. The van der Waals surface area contributed by atoms with E-state index in [1.165, 1.54) is 18.7 Å². The molecule has 4 nitrogen and oxygen atoms in total. The summed E-state index contributed by atoms with van der Waals surface area (Å²) in [6, 6.07) is 4.77. The molecule has 22 heavy (non-hydrogen) atoms. The number of hydrogen-bond acceptors (Lipinski definition) is 4. The minimum absolute atomic E-state index is 0.0804. The Morgan fingerprint density at radius 1 is 1.45 bits per heavy atom. The molecule has 1 aliphatic heterocycles. The average molecular weight is 304 g/mol. The monoisotopic (exact) mass is 304 g/mol. The highest BCUT2D eigenvalue weighted by Crippen LogP contribution is 2.43. The largest absolute Gasteiger partial charge is 0.508 e. The van der Waals surface area contributed by atoms with Gasteiger partial charge in [-0.15, -0.1) is 0 Å². The van der Waals surface area contributed by atoms with Gasteiger partial charge in [0.2, 0.25) is 0 Å². The van der Waals surface area contributed by atoms with E-state index >= 15 is 0 Å². The minimum Gasteiger partial charge on any atom is -0.508 e. The Hall–Kier alpha value is -1.81. The smallest absolute Gasteiger partial charge is 0.337 e. The van der Waals surface area contributed by atoms with Crippen LogP contribution in [0.4, 0.5) is 0 Å². The molecule has 0 bridgehead atoms. The average Bonchev–Trinajstić information content (AvgIpc) is 3.10. The Morgan fingerprint density at radius 2 is 2.18 bits per heavy atom. The maximum Gasteiger partial charge on any atom is 0.337 e. The molecule has 2 atom stereocenters. The van der Waals surface area contributed by atoms with Gasteiger partial charge in [-0.25, -0.2) is 4.79 Å². The summed E-state index contributed by atoms with van der Waals surface area (Å²) in [5, 5.41) is 9.97. The lowest BCUT2D eigenvalue weighted by atomic mass is 9.95. The second-order valence-electron chi connectivity index (χ2n) is 6.28. The van der Waals surface area contributed by atoms with Crippen LogP contribution in [-0.2, 0) is 15.9 Å². The first kappa shape index (κ1) is 16.6. The summed E-state index contributed by atoms with van der Waals surface area (Å²) in [6.45, 7) is 6.27. The van der Waals surface area contributed by atoms with E-state index in [9.17, 15) is 9.90 Å². The van der Waals surface area contributed by atoms with Crippen LogP contribution in [0, 0.1) is 0 Å². The SMILES string of the molecule is COC(=O)c1ccc(O)c(C[C@H]2O[C@]2(C)CCC=C(C)C)c1. The second kappa shape index (κ2) is 6.53. The third-order valence-electron chi connectivity index (χ3n) is 4.13. The van der Waals surface area contributed by atoms with Gasteiger partial charge in [-0.3, -0.25) is 0 Å². The molecule has 0 radical (unpaired) electrons. The number of esters is 1. The number of hydrogen-bond donors (Lipinski definition) is 1. The number of rotatable bonds is 6. The molecule has 0 amide bonds. The van der Waals surface area contributed by atoms with Gasteiger partial charge < -0.3 is 14.6 Å². The van der Waals surface area contributed by atoms with Crippen LogP contribution in [0.2, 0.25) is 0 Å². The predicted octanol–water partition coefficient (Wildman–Crippen LogP) is 3.63. The molecule has 1 heterocycles. The van der Waals surface area contributed by atoms with Crippen molar-refractivity contribution >= 4 is 5.97 Å². The Kier molecular flexibility index (Phi) is 4.91. The highest BCUT2D eigenvalue weighted by atomic mass is 16.6. The number of aromatic hydroxyl groups is 1. The van der Waals surface area contributed by atoms with Crippen molar-refractivity contribution in [2.24, 2.45) is 0 Å². The summed E-state index contributed by atoms with van der Waals surface area (Å²) in [6.07, 6.45) is 4.84. The van der Waals surface area contributed by atoms with Gasteiger partial charge in [0.25, 0.3) is 0 Å². The molecule has 1 fully saturated rings. The summed E-state index contributed by atoms with van der Waals surface area (Å²) in [7, 11) is 1.35. The molecule has 1 N–H and O–H groups in total. The first-order valence-corrected chi connectivity index (χ1v) is 7.57. The zero-order valence-electron chi connectivity index (χ0n) is 13.7. The summed E-state index contributed by atoms with van der Waals surface area (Å²) >= 11 is 0. The molecule has 120 valence electrons. The van der Waals surface area contributed by atoms with E-state index in [4.69, 9.17) is 9.47 Å². The van der Waals surface area contributed by atoms with E-state index < -0.39 is 5.97 Å². The van der Waals surface area contributed by atoms with Gasteiger partial charge in [-0.05, 0) is 57.4 Å². The molecule has 0 aromatic heterocycles. The van der Waals surface area contributed by atoms with Gasteiger partial charge >= 0.3 is 5.97 Å². The third-order valence-corrected chi connectivity index (χ3v) is 4.13. The number of phenols is 1. The van der Waals surface area contributed by atoms with Crippen molar-refractivity contribution in [2.75, 3.05) is 7.11 Å². The molecule has 4 heteroatoms. The fourth-order valence-electron chi connectivity index (χ4n) is 2.61. The standard InChI is InChI=1S/C18H24O4/c1-12(2)6-5-9-18(3)16(22-18)11-14-10-13(17(20)21-4)7-8-15(14)19/h6-8,10,16,19H,5,9,11H2,1-4H3/t16-,18-/m1/s1. The van der Waals surface area contributed by atoms with Gasteiger partial charge in [0.05, 0.1) is 24.4 Å². The molecule has 2 rings (SSSR count). The van der Waals surface area contributed by atoms with Crippen LogP contribution in [-0.4, -0.2) is 29.9 Å². The lowest BCUT2D eigenvalue weighted by Gasteiger charge is -2.07. The van der Waals surface area contributed by atoms with Gasteiger partial charge in [-0.1, -0.05) is 11.6 Å². The third kappa shape index (κ3) is 3.89. The summed E-state index contributed by atoms with van der Waals surface area (Å²) in [5.74, 6) is -0.209. The maximum atomic E-state index is 11.6. The summed E-state index contributed by atoms with van der Waals surface area (Å²) < 4.78 is 10.5. The number of phenolic OH excluding ortho intramolecular Hbond substituents is 1. The topological polar surface area (TPSA) is 59.1 Å². The first-order valence-electron chi connectivity index (χ1n) is 7.57. The number of carbonyl (C=O) groups is 1. The quantitative estimate of drug-likeness (QED) is 0.495. The number of epoxide rings is 1. The van der Waals surface area contributed by atoms with Crippen LogP contribution < -0.4 is 0 Å². The van der Waals surface area contributed by atoms with E-state index in [0.29, 0.717) is 12.0 Å². The van der Waals surface area contributed by atoms with Crippen LogP contribution in [0.5, 0.6) is 5.75 Å². The highest BCUT2D eigenvalue weighted by molar-refractivity contribution is 5.89. The van der Waals surface area contributed by atoms with Gasteiger partial charge in [0.1, 0.15) is 5.75 Å². The summed E-state index contributed by atoms with van der Waals surface area (Å²) in [5.41, 5.74) is 2.34. The molecule has 1 aromatic carbocycles. The van der Waals surface area contributed by atoms with Crippen molar-refractivity contribution in [3.05, 3.63) is 41.0 Å². The fourth-order valence-corrected chi connectivity index (χ4v) is 2.61. The van der Waals surface area contributed by atoms with Crippen molar-refractivity contribution in [1.29, 1.82) is 0 Å². The lowest BCUT2D eigenvalue weighted by molar-refractivity contribution is 0.0600. The molecule has 1 saturated heterocycles. The maximum absolute atomic E-state index is 11.6. The number of carbonyl (C=O) groups excluding carboxylic acids is 1. The molecular weight excluding hydrogens is 280 g/mol. The molecular formula is C18H24O4. The van der Waals surface area contributed by atoms with E-state index in [1.807, 2.05) is 0 Å². The molecule has 0 unspecified atom stereocenters. The van der Waals surface area contributed by atoms with Crippen molar-refractivity contribution in [1.82, 2.24) is 0 Å². The van der Waals surface area contributed by atoms with Crippen LogP contribution in [0.15, 0.2) is 29.8 Å². The molecule has 1 aliphatic rings. The van der Waals surface area contributed by atoms with Gasteiger partial charge in [-0.2, -0.15) is 0 Å². The van der Waals surface area contributed by atoms with E-state index in [1.54, 1.807) is 12.1 Å². The molecule has 0 saturated carbocycles. The zero-order valence-corrected chi connectivity index (χ0v) is 13.7. The number of allylic oxidation sites excluding steroid dienone is 2. The lowest BCUT2D eigenvalue weighted by Crippen LogP contribution is -2.12. The van der Waals surface area contributed by atoms with Crippen molar-refractivity contribution in [3.63, 3.8) is 0 Å². The number of benzene rings is 1. The van der Waals surface area contributed by atoms with E-state index in [0.717, 1.165) is 18.4 Å². The normalized spacial score (nSPS) is 23.0. The predicted molar refractivity (Wildman–Crippen MR) is 85.1 cm³/mol. The van der Waals surface area contributed by atoms with Crippen LogP contribution in [0.1, 0.15) is 49.5 Å². The van der Waals surface area contributed by atoms with Crippen LogP contribution in [0.25, 0.3) is 0 Å². The van der Waals surface area contributed by atoms with Crippen molar-refractivity contribution < 1.29 is 19.4 Å². The molecule has 0 spiro atoms. The Bertz CT molecular complexity index is 587. The minimum atomic E-state index is -0.399. The van der Waals surface area contributed by atoms with Crippen LogP contribution >= 0.6 is 0 Å². The van der Waals surface area contributed by atoms with Gasteiger partial charge in [0.15, 0.2) is 0 Å². The molecule has 0 aliphatic carbocycles. The van der Waals surface area contributed by atoms with E-state index in [2.05, 4.69) is 26.8 Å². The number of methoxy groups -OCH3 is 1. The Morgan fingerprint density at radius 3 is 2.82 bits per heavy atom. The summed E-state index contributed by atoms with van der Waals surface area (Å²) in [4.78, 5) is 11.6. The van der Waals surface area contributed by atoms with Crippen LogP contribution in [0.3, 0.4) is 0 Å². The van der Waals surface area contributed by atoms with Crippen molar-refractivity contribution in [3.8, 4) is 5.75 Å².